The molecule has 0 aliphatic carbocycles. The van der Waals surface area contributed by atoms with Crippen LogP contribution in [0.2, 0.25) is 0 Å². The number of nitrogens with one attached hydrogen (secondary N) is 1. The van der Waals surface area contributed by atoms with E-state index in [1.54, 1.807) is 0 Å². The molecule has 0 bridgehead atoms. The first-order valence-electron chi connectivity index (χ1n) is 5.46. The molecule has 0 saturated heterocycles. The van der Waals surface area contributed by atoms with E-state index in [-0.39, 0.29) is 11.6 Å². The molecule has 7 heteroatoms. The van der Waals surface area contributed by atoms with Crippen LogP contribution in [0.1, 0.15) is 19.8 Å². The Morgan fingerprint density at radius 3 is 2.78 bits per heavy atom. The zero-order valence-electron chi connectivity index (χ0n) is 9.85. The summed E-state index contributed by atoms with van der Waals surface area (Å²) in [5, 5.41) is 13.2. The third-order valence-electron chi connectivity index (χ3n) is 2.35. The number of amides is 1. The SMILES string of the molecule is CCC[C@@H](N)C(=O)Nc1ccc([N+](=O)[O-])c(Br)c1. The standard InChI is InChI=1S/C11H14BrN3O3/c1-2-3-9(13)11(16)14-7-4-5-10(15(17)18)8(12)6-7/h4-6,9H,2-3,13H2,1H3,(H,14,16)/t9-/m1/s1. The number of rotatable bonds is 5. The van der Waals surface area contributed by atoms with Gasteiger partial charge in [0.15, 0.2) is 0 Å². The third kappa shape index (κ3) is 3.78. The van der Waals surface area contributed by atoms with Gasteiger partial charge in [0.05, 0.1) is 15.4 Å². The Bertz CT molecular complexity index is 465. The smallest absolute Gasteiger partial charge is 0.283 e. The molecule has 0 aromatic heterocycles. The van der Waals surface area contributed by atoms with Crippen LogP contribution in [0.4, 0.5) is 11.4 Å². The molecule has 0 aliphatic heterocycles. The zero-order chi connectivity index (χ0) is 13.7. The van der Waals surface area contributed by atoms with Gasteiger partial charge in [-0.15, -0.1) is 0 Å². The van der Waals surface area contributed by atoms with Crippen molar-refractivity contribution in [2.24, 2.45) is 5.73 Å². The fraction of sp³-hybridized carbons (Fsp3) is 0.364. The molecule has 0 saturated carbocycles. The normalized spacial score (nSPS) is 11.9. The molecule has 0 unspecified atom stereocenters. The van der Waals surface area contributed by atoms with Gasteiger partial charge in [-0.1, -0.05) is 13.3 Å². The molecule has 1 atom stereocenters. The quantitative estimate of drug-likeness (QED) is 0.644. The van der Waals surface area contributed by atoms with Crippen LogP contribution >= 0.6 is 15.9 Å². The lowest BCUT2D eigenvalue weighted by molar-refractivity contribution is -0.385. The van der Waals surface area contributed by atoms with E-state index in [1.165, 1.54) is 18.2 Å². The Morgan fingerprint density at radius 2 is 2.28 bits per heavy atom. The summed E-state index contributed by atoms with van der Waals surface area (Å²) < 4.78 is 0.314. The van der Waals surface area contributed by atoms with Gasteiger partial charge < -0.3 is 11.1 Å². The van der Waals surface area contributed by atoms with Crippen LogP contribution in [0.15, 0.2) is 22.7 Å². The maximum Gasteiger partial charge on any atom is 0.283 e. The van der Waals surface area contributed by atoms with Gasteiger partial charge in [0.2, 0.25) is 5.91 Å². The number of nitrogens with two attached hydrogens (primary N) is 1. The average Bonchev–Trinajstić information content (AvgIpc) is 2.28. The molecule has 1 rings (SSSR count). The highest BCUT2D eigenvalue weighted by atomic mass is 79.9. The molecule has 0 aliphatic rings. The first-order chi connectivity index (χ1) is 8.45. The fourth-order valence-corrected chi connectivity index (χ4v) is 1.93. The Morgan fingerprint density at radius 1 is 1.61 bits per heavy atom. The van der Waals surface area contributed by atoms with Gasteiger partial charge in [-0.25, -0.2) is 0 Å². The average molecular weight is 316 g/mol. The third-order valence-corrected chi connectivity index (χ3v) is 2.98. The molecule has 18 heavy (non-hydrogen) atoms. The van der Waals surface area contributed by atoms with E-state index < -0.39 is 11.0 Å². The minimum absolute atomic E-state index is 0.0501. The highest BCUT2D eigenvalue weighted by molar-refractivity contribution is 9.10. The summed E-state index contributed by atoms with van der Waals surface area (Å²) >= 11 is 3.08. The predicted molar refractivity (Wildman–Crippen MR) is 72.3 cm³/mol. The highest BCUT2D eigenvalue weighted by Crippen LogP contribution is 2.27. The van der Waals surface area contributed by atoms with Crippen molar-refractivity contribution >= 4 is 33.2 Å². The van der Waals surface area contributed by atoms with Gasteiger partial charge in [0.25, 0.3) is 5.69 Å². The minimum atomic E-state index is -0.566. The van der Waals surface area contributed by atoms with E-state index >= 15 is 0 Å². The number of carbonyl (C=O) groups excluding carboxylic acids is 1. The summed E-state index contributed by atoms with van der Waals surface area (Å²) in [5.74, 6) is -0.294. The van der Waals surface area contributed by atoms with Crippen LogP contribution < -0.4 is 11.1 Å². The van der Waals surface area contributed by atoms with E-state index in [4.69, 9.17) is 5.73 Å². The summed E-state index contributed by atoms with van der Waals surface area (Å²) in [6.07, 6.45) is 1.42. The number of hydrogen-bond acceptors (Lipinski definition) is 4. The van der Waals surface area contributed by atoms with Gasteiger partial charge in [-0.3, -0.25) is 14.9 Å². The van der Waals surface area contributed by atoms with Crippen molar-refractivity contribution in [2.45, 2.75) is 25.8 Å². The number of hydrogen-bond donors (Lipinski definition) is 2. The zero-order valence-corrected chi connectivity index (χ0v) is 11.4. The summed E-state index contributed by atoms with van der Waals surface area (Å²) in [7, 11) is 0. The molecule has 0 heterocycles. The molecule has 98 valence electrons. The summed E-state index contributed by atoms with van der Waals surface area (Å²) in [4.78, 5) is 21.8. The maximum atomic E-state index is 11.6. The second kappa shape index (κ2) is 6.46. The number of anilines is 1. The Labute approximate surface area is 113 Å². The lowest BCUT2D eigenvalue weighted by atomic mass is 10.1. The van der Waals surface area contributed by atoms with Gasteiger partial charge in [0.1, 0.15) is 0 Å². The summed E-state index contributed by atoms with van der Waals surface area (Å²) in [6.45, 7) is 1.94. The molecule has 1 aromatic rings. The Hall–Kier alpha value is -1.47. The van der Waals surface area contributed by atoms with Crippen molar-refractivity contribution in [1.82, 2.24) is 0 Å². The molecule has 0 spiro atoms. The Balaban J connectivity index is 2.77. The van der Waals surface area contributed by atoms with Crippen LogP contribution in [-0.2, 0) is 4.79 Å². The van der Waals surface area contributed by atoms with Crippen LogP contribution in [-0.4, -0.2) is 16.9 Å². The summed E-state index contributed by atoms with van der Waals surface area (Å²) in [5.41, 5.74) is 6.09. The number of carbonyl (C=O) groups is 1. The molecule has 1 aromatic carbocycles. The van der Waals surface area contributed by atoms with E-state index in [9.17, 15) is 14.9 Å². The topological polar surface area (TPSA) is 98.3 Å². The van der Waals surface area contributed by atoms with Gasteiger partial charge in [-0.05, 0) is 34.5 Å². The molecule has 0 radical (unpaired) electrons. The van der Waals surface area contributed by atoms with E-state index in [0.717, 1.165) is 6.42 Å². The van der Waals surface area contributed by atoms with Crippen molar-refractivity contribution in [2.75, 3.05) is 5.32 Å². The lowest BCUT2D eigenvalue weighted by Crippen LogP contribution is -2.35. The van der Waals surface area contributed by atoms with Gasteiger partial charge >= 0.3 is 0 Å². The first-order valence-corrected chi connectivity index (χ1v) is 6.25. The monoisotopic (exact) mass is 315 g/mol. The van der Waals surface area contributed by atoms with Crippen LogP contribution in [0.3, 0.4) is 0 Å². The number of nitrogens with zero attached hydrogens (tertiary/aromatic N) is 1. The van der Waals surface area contributed by atoms with Crippen molar-refractivity contribution < 1.29 is 9.72 Å². The first kappa shape index (κ1) is 14.6. The molecule has 0 fully saturated rings. The minimum Gasteiger partial charge on any atom is -0.325 e. The van der Waals surface area contributed by atoms with Crippen molar-refractivity contribution in [3.05, 3.63) is 32.8 Å². The molecule has 6 nitrogen and oxygen atoms in total. The fourth-order valence-electron chi connectivity index (χ4n) is 1.41. The van der Waals surface area contributed by atoms with Gasteiger partial charge in [0, 0.05) is 11.8 Å². The van der Waals surface area contributed by atoms with Crippen molar-refractivity contribution in [3.63, 3.8) is 0 Å². The molecule has 3 N–H and O–H groups in total. The second-order valence-electron chi connectivity index (χ2n) is 3.81. The number of benzene rings is 1. The molecule has 1 amide bonds. The van der Waals surface area contributed by atoms with E-state index in [2.05, 4.69) is 21.2 Å². The van der Waals surface area contributed by atoms with E-state index in [1.807, 2.05) is 6.92 Å². The maximum absolute atomic E-state index is 11.6. The highest BCUT2D eigenvalue weighted by Gasteiger charge is 2.15. The number of halogens is 1. The number of nitro groups is 1. The number of nitro benzene ring substituents is 1. The Kier molecular flexibility index (Phi) is 5.24. The molecular weight excluding hydrogens is 302 g/mol. The van der Waals surface area contributed by atoms with Gasteiger partial charge in [-0.2, -0.15) is 0 Å². The van der Waals surface area contributed by atoms with Crippen molar-refractivity contribution in [1.29, 1.82) is 0 Å². The lowest BCUT2D eigenvalue weighted by Gasteiger charge is -2.11. The van der Waals surface area contributed by atoms with Crippen LogP contribution in [0, 0.1) is 10.1 Å². The van der Waals surface area contributed by atoms with Crippen LogP contribution in [0.25, 0.3) is 0 Å². The summed E-state index contributed by atoms with van der Waals surface area (Å²) in [6, 6.07) is 3.71. The van der Waals surface area contributed by atoms with Crippen LogP contribution in [0.5, 0.6) is 0 Å². The van der Waals surface area contributed by atoms with Crippen molar-refractivity contribution in [3.8, 4) is 0 Å². The largest absolute Gasteiger partial charge is 0.325 e. The predicted octanol–water partition coefficient (Wildman–Crippen LogP) is 2.42. The van der Waals surface area contributed by atoms with E-state index in [0.29, 0.717) is 16.6 Å². The second-order valence-corrected chi connectivity index (χ2v) is 4.66. The molecular formula is C11H14BrN3O3.